The van der Waals surface area contributed by atoms with Gasteiger partial charge in [0.15, 0.2) is 5.13 Å². The molecule has 1 fully saturated rings. The predicted molar refractivity (Wildman–Crippen MR) is 72.1 cm³/mol. The Morgan fingerprint density at radius 3 is 2.90 bits per heavy atom. The first kappa shape index (κ1) is 13.6. The van der Waals surface area contributed by atoms with Crippen molar-refractivity contribution in [1.29, 1.82) is 0 Å². The van der Waals surface area contributed by atoms with Gasteiger partial charge in [0, 0.05) is 6.61 Å². The van der Waals surface area contributed by atoms with E-state index in [-0.39, 0.29) is 6.04 Å². The first-order valence-corrected chi connectivity index (χ1v) is 7.16. The van der Waals surface area contributed by atoms with E-state index < -0.39 is 11.7 Å². The van der Waals surface area contributed by atoms with Crippen molar-refractivity contribution in [2.24, 2.45) is 0 Å². The number of benzene rings is 1. The third-order valence-electron chi connectivity index (χ3n) is 3.20. The quantitative estimate of drug-likeness (QED) is 0.913. The van der Waals surface area contributed by atoms with E-state index in [2.05, 4.69) is 10.3 Å². The summed E-state index contributed by atoms with van der Waals surface area (Å²) in [6, 6.07) is 3.84. The van der Waals surface area contributed by atoms with Gasteiger partial charge in [-0.25, -0.2) is 4.98 Å². The molecule has 1 aromatic carbocycles. The molecule has 0 saturated carbocycles. The first-order chi connectivity index (χ1) is 9.52. The number of nitrogens with zero attached hydrogens (tertiary/aromatic N) is 1. The molecule has 108 valence electrons. The second kappa shape index (κ2) is 5.21. The van der Waals surface area contributed by atoms with E-state index in [1.54, 1.807) is 0 Å². The van der Waals surface area contributed by atoms with Crippen LogP contribution in [0.4, 0.5) is 18.3 Å². The minimum absolute atomic E-state index is 0.186. The van der Waals surface area contributed by atoms with E-state index in [0.717, 1.165) is 36.3 Å². The Hall–Kier alpha value is -1.34. The topological polar surface area (TPSA) is 34.1 Å². The van der Waals surface area contributed by atoms with Gasteiger partial charge in [0.2, 0.25) is 0 Å². The summed E-state index contributed by atoms with van der Waals surface area (Å²) in [6.07, 6.45) is -2.35. The Labute approximate surface area is 117 Å². The monoisotopic (exact) mass is 302 g/mol. The Bertz CT molecular complexity index is 605. The van der Waals surface area contributed by atoms with Gasteiger partial charge in [-0.15, -0.1) is 0 Å². The maximum absolute atomic E-state index is 12.6. The third kappa shape index (κ3) is 2.88. The molecule has 7 heteroatoms. The van der Waals surface area contributed by atoms with Crippen molar-refractivity contribution >= 4 is 26.7 Å². The minimum Gasteiger partial charge on any atom is -0.379 e. The molecule has 2 aromatic rings. The lowest BCUT2D eigenvalue weighted by atomic mass is 10.1. The summed E-state index contributed by atoms with van der Waals surface area (Å²) in [4.78, 5) is 4.23. The third-order valence-corrected chi connectivity index (χ3v) is 4.17. The summed E-state index contributed by atoms with van der Waals surface area (Å²) >= 11 is 1.37. The van der Waals surface area contributed by atoms with Gasteiger partial charge in [-0.05, 0) is 31.0 Å². The highest BCUT2D eigenvalue weighted by molar-refractivity contribution is 7.22. The van der Waals surface area contributed by atoms with Gasteiger partial charge < -0.3 is 10.1 Å². The Morgan fingerprint density at radius 1 is 1.35 bits per heavy atom. The fraction of sp³-hybridized carbons (Fsp3) is 0.462. The van der Waals surface area contributed by atoms with E-state index in [4.69, 9.17) is 4.74 Å². The Kier molecular flexibility index (Phi) is 3.55. The average molecular weight is 302 g/mol. The molecular weight excluding hydrogens is 289 g/mol. The van der Waals surface area contributed by atoms with Crippen LogP contribution in [0, 0.1) is 0 Å². The molecule has 2 heterocycles. The predicted octanol–water partition coefficient (Wildman–Crippen LogP) is 3.91. The van der Waals surface area contributed by atoms with Crippen molar-refractivity contribution in [2.75, 3.05) is 18.5 Å². The van der Waals surface area contributed by atoms with E-state index in [1.807, 2.05) is 0 Å². The summed E-state index contributed by atoms with van der Waals surface area (Å²) in [5.41, 5.74) is -0.285. The van der Waals surface area contributed by atoms with Gasteiger partial charge in [0.05, 0.1) is 28.4 Å². The van der Waals surface area contributed by atoms with Crippen LogP contribution in [-0.4, -0.2) is 24.2 Å². The molecule has 1 N–H and O–H groups in total. The zero-order valence-electron chi connectivity index (χ0n) is 10.5. The normalized spacial score (nSPS) is 20.2. The van der Waals surface area contributed by atoms with Crippen molar-refractivity contribution in [3.63, 3.8) is 0 Å². The van der Waals surface area contributed by atoms with Gasteiger partial charge in [0.25, 0.3) is 0 Å². The van der Waals surface area contributed by atoms with E-state index in [1.165, 1.54) is 17.4 Å². The summed E-state index contributed by atoms with van der Waals surface area (Å²) in [5.74, 6) is 0. The van der Waals surface area contributed by atoms with Crippen molar-refractivity contribution < 1.29 is 17.9 Å². The van der Waals surface area contributed by atoms with Crippen LogP contribution in [0.25, 0.3) is 10.2 Å². The van der Waals surface area contributed by atoms with Crippen molar-refractivity contribution in [1.82, 2.24) is 4.98 Å². The minimum atomic E-state index is -4.33. The maximum atomic E-state index is 12.6. The van der Waals surface area contributed by atoms with Gasteiger partial charge in [0.1, 0.15) is 0 Å². The van der Waals surface area contributed by atoms with Crippen molar-refractivity contribution in [2.45, 2.75) is 25.1 Å². The largest absolute Gasteiger partial charge is 0.416 e. The zero-order chi connectivity index (χ0) is 14.2. The number of thiazole rings is 1. The molecule has 0 unspecified atom stereocenters. The standard InChI is InChI=1S/C13H13F3N2OS/c14-13(15,16)8-3-4-11-10(6-8)18-12(20-11)17-9-2-1-5-19-7-9/h3-4,6,9H,1-2,5,7H2,(H,17,18)/t9-/m1/s1. The van der Waals surface area contributed by atoms with Crippen molar-refractivity contribution in [3.05, 3.63) is 23.8 Å². The molecule has 0 spiro atoms. The maximum Gasteiger partial charge on any atom is 0.416 e. The molecule has 0 amide bonds. The van der Waals surface area contributed by atoms with Gasteiger partial charge >= 0.3 is 6.18 Å². The number of hydrogen-bond donors (Lipinski definition) is 1. The molecule has 1 aliphatic rings. The van der Waals surface area contributed by atoms with E-state index in [9.17, 15) is 13.2 Å². The molecular formula is C13H13F3N2OS. The summed E-state index contributed by atoms with van der Waals surface area (Å²) in [5, 5.41) is 3.88. The van der Waals surface area contributed by atoms with Gasteiger partial charge in [-0.3, -0.25) is 0 Å². The van der Waals surface area contributed by atoms with Crippen molar-refractivity contribution in [3.8, 4) is 0 Å². The lowest BCUT2D eigenvalue weighted by Crippen LogP contribution is -2.29. The second-order valence-corrected chi connectivity index (χ2v) is 5.79. The summed E-state index contributed by atoms with van der Waals surface area (Å²) < 4.78 is 44.0. The number of anilines is 1. The van der Waals surface area contributed by atoms with Gasteiger partial charge in [-0.2, -0.15) is 13.2 Å². The molecule has 20 heavy (non-hydrogen) atoms. The number of nitrogens with one attached hydrogen (secondary N) is 1. The lowest BCUT2D eigenvalue weighted by molar-refractivity contribution is -0.137. The van der Waals surface area contributed by atoms with E-state index in [0.29, 0.717) is 17.3 Å². The molecule has 1 aliphatic heterocycles. The highest BCUT2D eigenvalue weighted by atomic mass is 32.1. The molecule has 1 atom stereocenters. The van der Waals surface area contributed by atoms with Crippen LogP contribution >= 0.6 is 11.3 Å². The highest BCUT2D eigenvalue weighted by Crippen LogP contribution is 2.34. The number of ether oxygens (including phenoxy) is 1. The Morgan fingerprint density at radius 2 is 2.20 bits per heavy atom. The summed E-state index contributed by atoms with van der Waals surface area (Å²) in [7, 11) is 0. The molecule has 0 aliphatic carbocycles. The van der Waals surface area contributed by atoms with E-state index >= 15 is 0 Å². The fourth-order valence-electron chi connectivity index (χ4n) is 2.19. The number of aromatic nitrogens is 1. The molecule has 0 radical (unpaired) electrons. The first-order valence-electron chi connectivity index (χ1n) is 6.34. The Balaban J connectivity index is 1.83. The van der Waals surface area contributed by atoms with Gasteiger partial charge in [-0.1, -0.05) is 11.3 Å². The molecule has 1 aromatic heterocycles. The van der Waals surface area contributed by atoms with Crippen LogP contribution in [0.2, 0.25) is 0 Å². The fourth-order valence-corrected chi connectivity index (χ4v) is 3.12. The van der Waals surface area contributed by atoms with Crippen LogP contribution in [0.3, 0.4) is 0 Å². The molecule has 3 rings (SSSR count). The lowest BCUT2D eigenvalue weighted by Gasteiger charge is -2.22. The second-order valence-electron chi connectivity index (χ2n) is 4.76. The zero-order valence-corrected chi connectivity index (χ0v) is 11.4. The highest BCUT2D eigenvalue weighted by Gasteiger charge is 2.30. The van der Waals surface area contributed by atoms with Crippen LogP contribution in [-0.2, 0) is 10.9 Å². The number of fused-ring (bicyclic) bond motifs is 1. The number of hydrogen-bond acceptors (Lipinski definition) is 4. The molecule has 0 bridgehead atoms. The van der Waals surface area contributed by atoms with Crippen LogP contribution in [0.1, 0.15) is 18.4 Å². The average Bonchev–Trinajstić information content (AvgIpc) is 2.80. The SMILES string of the molecule is FC(F)(F)c1ccc2sc(N[C@@H]3CCCOC3)nc2c1. The molecule has 3 nitrogen and oxygen atoms in total. The van der Waals surface area contributed by atoms with Crippen LogP contribution in [0.5, 0.6) is 0 Å². The smallest absolute Gasteiger partial charge is 0.379 e. The summed E-state index contributed by atoms with van der Waals surface area (Å²) in [6.45, 7) is 1.39. The number of alkyl halides is 3. The molecule has 1 saturated heterocycles. The van der Waals surface area contributed by atoms with Crippen LogP contribution < -0.4 is 5.32 Å². The van der Waals surface area contributed by atoms with Crippen LogP contribution in [0.15, 0.2) is 18.2 Å². The number of rotatable bonds is 2. The number of halogens is 3.